The fourth-order valence-corrected chi connectivity index (χ4v) is 11.4. The van der Waals surface area contributed by atoms with Gasteiger partial charge in [0.05, 0.1) is 0 Å². The minimum Gasteiger partial charge on any atom is -0.341 e. The SMILES string of the molecule is CCCCCCc1cc(-c2sc(-c3ccc(-c4cccs4)s3)cc2CCCCCC)sc1-c1ccc2c(c1)c1ccccc1n2CC. The Hall–Kier alpha value is -2.96. The fraction of sp³-hybridized carbons (Fsp3) is 0.333. The molecule has 7 rings (SSSR count). The molecule has 0 atom stereocenters. The summed E-state index contributed by atoms with van der Waals surface area (Å²) < 4.78 is 2.46. The van der Waals surface area contributed by atoms with Crippen LogP contribution in [-0.2, 0) is 19.4 Å². The van der Waals surface area contributed by atoms with Gasteiger partial charge in [0.2, 0.25) is 0 Å². The summed E-state index contributed by atoms with van der Waals surface area (Å²) in [7, 11) is 0. The number of fused-ring (bicyclic) bond motifs is 3. The van der Waals surface area contributed by atoms with Crippen LogP contribution in [0.4, 0.5) is 0 Å². The highest BCUT2D eigenvalue weighted by molar-refractivity contribution is 7.29. The molecule has 0 aliphatic rings. The van der Waals surface area contributed by atoms with Crippen LogP contribution in [0.25, 0.3) is 61.5 Å². The Bertz CT molecular complexity index is 2060. The van der Waals surface area contributed by atoms with Crippen LogP contribution in [-0.4, -0.2) is 4.57 Å². The number of hydrogen-bond donors (Lipinski definition) is 0. The topological polar surface area (TPSA) is 4.93 Å². The molecule has 0 aliphatic carbocycles. The average molecular weight is 692 g/mol. The first-order valence-electron chi connectivity index (χ1n) is 17.6. The third-order valence-corrected chi connectivity index (χ3v) is 14.3. The molecule has 0 unspecified atom stereocenters. The van der Waals surface area contributed by atoms with Gasteiger partial charge in [-0.3, -0.25) is 0 Å². The van der Waals surface area contributed by atoms with Crippen LogP contribution in [0.3, 0.4) is 0 Å². The highest BCUT2D eigenvalue weighted by Gasteiger charge is 2.20. The van der Waals surface area contributed by atoms with E-state index in [2.05, 4.69) is 110 Å². The number of rotatable bonds is 15. The molecular weight excluding hydrogens is 647 g/mol. The molecule has 0 bridgehead atoms. The Labute approximate surface area is 296 Å². The van der Waals surface area contributed by atoms with Gasteiger partial charge in [-0.15, -0.1) is 45.3 Å². The van der Waals surface area contributed by atoms with E-state index in [0.29, 0.717) is 0 Å². The van der Waals surface area contributed by atoms with Gasteiger partial charge >= 0.3 is 0 Å². The van der Waals surface area contributed by atoms with Crippen molar-refractivity contribution in [3.63, 3.8) is 0 Å². The van der Waals surface area contributed by atoms with Crippen molar-refractivity contribution in [2.24, 2.45) is 0 Å². The van der Waals surface area contributed by atoms with E-state index >= 15 is 0 Å². The van der Waals surface area contributed by atoms with E-state index in [9.17, 15) is 0 Å². The van der Waals surface area contributed by atoms with Crippen molar-refractivity contribution in [3.05, 3.63) is 95.4 Å². The monoisotopic (exact) mass is 691 g/mol. The van der Waals surface area contributed by atoms with Crippen molar-refractivity contribution in [2.75, 3.05) is 0 Å². The van der Waals surface area contributed by atoms with Crippen LogP contribution in [0.5, 0.6) is 0 Å². The van der Waals surface area contributed by atoms with E-state index in [4.69, 9.17) is 0 Å². The Morgan fingerprint density at radius 3 is 1.91 bits per heavy atom. The van der Waals surface area contributed by atoms with Gasteiger partial charge in [0.1, 0.15) is 0 Å². The van der Waals surface area contributed by atoms with Crippen molar-refractivity contribution >= 4 is 67.2 Å². The van der Waals surface area contributed by atoms with Crippen LogP contribution in [0.1, 0.15) is 83.3 Å². The minimum atomic E-state index is 0.982. The number of thiophene rings is 4. The first-order valence-corrected chi connectivity index (χ1v) is 20.9. The van der Waals surface area contributed by atoms with E-state index in [1.165, 1.54) is 118 Å². The molecule has 0 aliphatic heterocycles. The molecule has 5 heterocycles. The first-order chi connectivity index (χ1) is 23.2. The maximum Gasteiger partial charge on any atom is 0.0491 e. The Morgan fingerprint density at radius 2 is 1.19 bits per heavy atom. The number of hydrogen-bond acceptors (Lipinski definition) is 4. The fourth-order valence-electron chi connectivity index (χ4n) is 6.96. The van der Waals surface area contributed by atoms with E-state index in [0.717, 1.165) is 19.4 Å². The molecule has 0 amide bonds. The van der Waals surface area contributed by atoms with Gasteiger partial charge in [-0.1, -0.05) is 82.7 Å². The number of para-hydroxylation sites is 1. The first kappa shape index (κ1) is 32.6. The van der Waals surface area contributed by atoms with Crippen molar-refractivity contribution in [1.29, 1.82) is 0 Å². The zero-order valence-corrected chi connectivity index (χ0v) is 31.2. The molecule has 242 valence electrons. The van der Waals surface area contributed by atoms with Crippen LogP contribution in [0.2, 0.25) is 0 Å². The summed E-state index contributed by atoms with van der Waals surface area (Å²) in [6.07, 6.45) is 12.7. The van der Waals surface area contributed by atoms with Gasteiger partial charge in [0.15, 0.2) is 0 Å². The van der Waals surface area contributed by atoms with E-state index in [1.807, 2.05) is 45.3 Å². The van der Waals surface area contributed by atoms with Crippen LogP contribution < -0.4 is 0 Å². The summed E-state index contributed by atoms with van der Waals surface area (Å²) in [5.41, 5.74) is 7.12. The molecule has 0 spiro atoms. The lowest BCUT2D eigenvalue weighted by molar-refractivity contribution is 0.667. The molecule has 2 aromatic carbocycles. The average Bonchev–Trinajstić information content (AvgIpc) is 3.94. The van der Waals surface area contributed by atoms with Gasteiger partial charge in [-0.05, 0) is 103 Å². The quantitative estimate of drug-likeness (QED) is 0.0943. The van der Waals surface area contributed by atoms with Gasteiger partial charge in [0.25, 0.3) is 0 Å². The lowest BCUT2D eigenvalue weighted by atomic mass is 10.0. The van der Waals surface area contributed by atoms with Crippen LogP contribution in [0, 0.1) is 0 Å². The van der Waals surface area contributed by atoms with Gasteiger partial charge in [0, 0.05) is 62.5 Å². The Kier molecular flexibility index (Phi) is 10.4. The van der Waals surface area contributed by atoms with Gasteiger partial charge in [-0.2, -0.15) is 0 Å². The predicted octanol–water partition coefficient (Wildman–Crippen LogP) is 15.0. The molecule has 0 fully saturated rings. The molecule has 5 heteroatoms. The standard InChI is InChI=1S/C42H45NS4/c1-4-7-9-11-16-29-28-40(47-41(29)31-21-22-35-33(26-31)32-18-13-14-19-34(32)43(35)6-3)42-30(17-12-10-8-5-2)27-39(46-42)38-24-23-37(45-38)36-20-15-25-44-36/h13-15,18-28H,4-12,16-17H2,1-3H3. The molecule has 0 saturated carbocycles. The maximum absolute atomic E-state index is 2.57. The van der Waals surface area contributed by atoms with E-state index in [1.54, 1.807) is 5.56 Å². The summed E-state index contributed by atoms with van der Waals surface area (Å²) in [6.45, 7) is 7.86. The number of aromatic nitrogens is 1. The number of benzene rings is 2. The molecule has 7 aromatic rings. The number of nitrogens with zero attached hydrogens (tertiary/aromatic N) is 1. The Morgan fingerprint density at radius 1 is 0.511 bits per heavy atom. The third kappa shape index (κ3) is 6.83. The lowest BCUT2D eigenvalue weighted by Gasteiger charge is -2.06. The summed E-state index contributed by atoms with van der Waals surface area (Å²) in [4.78, 5) is 9.99. The van der Waals surface area contributed by atoms with Crippen molar-refractivity contribution in [2.45, 2.75) is 91.5 Å². The normalized spacial score (nSPS) is 11.8. The van der Waals surface area contributed by atoms with E-state index < -0.39 is 0 Å². The highest BCUT2D eigenvalue weighted by Crippen LogP contribution is 2.48. The number of unbranched alkanes of at least 4 members (excludes halogenated alkanes) is 6. The molecule has 0 radical (unpaired) electrons. The second-order valence-corrected chi connectivity index (χ2v) is 16.8. The summed E-state index contributed by atoms with van der Waals surface area (Å²) in [6, 6.07) is 30.3. The summed E-state index contributed by atoms with van der Waals surface area (Å²) in [5.74, 6) is 0. The van der Waals surface area contributed by atoms with Gasteiger partial charge < -0.3 is 4.57 Å². The zero-order valence-electron chi connectivity index (χ0n) is 27.9. The zero-order chi connectivity index (χ0) is 32.2. The Balaban J connectivity index is 1.30. The predicted molar refractivity (Wildman–Crippen MR) is 214 cm³/mol. The smallest absolute Gasteiger partial charge is 0.0491 e. The van der Waals surface area contributed by atoms with Crippen molar-refractivity contribution < 1.29 is 0 Å². The third-order valence-electron chi connectivity index (χ3n) is 9.40. The largest absolute Gasteiger partial charge is 0.341 e. The summed E-state index contributed by atoms with van der Waals surface area (Å²) in [5, 5.41) is 4.92. The van der Waals surface area contributed by atoms with Crippen LogP contribution >= 0.6 is 45.3 Å². The maximum atomic E-state index is 2.57. The van der Waals surface area contributed by atoms with Crippen LogP contribution in [0.15, 0.2) is 84.2 Å². The second kappa shape index (κ2) is 15.1. The molecule has 5 aromatic heterocycles. The van der Waals surface area contributed by atoms with Crippen molar-refractivity contribution in [3.8, 4) is 39.7 Å². The molecule has 47 heavy (non-hydrogen) atoms. The van der Waals surface area contributed by atoms with Gasteiger partial charge in [-0.25, -0.2) is 0 Å². The van der Waals surface area contributed by atoms with E-state index in [-0.39, 0.29) is 0 Å². The molecule has 0 N–H and O–H groups in total. The molecule has 1 nitrogen and oxygen atoms in total. The molecule has 0 saturated heterocycles. The minimum absolute atomic E-state index is 0.982. The second-order valence-electron chi connectivity index (χ2n) is 12.7. The lowest BCUT2D eigenvalue weighted by Crippen LogP contribution is -1.92. The number of aryl methyl sites for hydroxylation is 3. The summed E-state index contributed by atoms with van der Waals surface area (Å²) >= 11 is 7.83. The van der Waals surface area contributed by atoms with Crippen molar-refractivity contribution in [1.82, 2.24) is 4.57 Å². The molecular formula is C42H45NS4. The highest BCUT2D eigenvalue weighted by atomic mass is 32.1.